The number of fused-ring (bicyclic) bond motifs is 1. The first kappa shape index (κ1) is 22.4. The normalized spacial score (nSPS) is 18.9. The van der Waals surface area contributed by atoms with E-state index in [-0.39, 0.29) is 16.8 Å². The van der Waals surface area contributed by atoms with Gasteiger partial charge in [-0.25, -0.2) is 18.5 Å². The fourth-order valence-corrected chi connectivity index (χ4v) is 4.47. The van der Waals surface area contributed by atoms with Crippen LogP contribution >= 0.6 is 0 Å². The maximum atomic E-state index is 15.2. The molecule has 2 heterocycles. The molecule has 0 bridgehead atoms. The van der Waals surface area contributed by atoms with Gasteiger partial charge in [-0.05, 0) is 63.6 Å². The van der Waals surface area contributed by atoms with E-state index in [4.69, 9.17) is 0 Å². The van der Waals surface area contributed by atoms with Crippen LogP contribution < -0.4 is 15.1 Å². The van der Waals surface area contributed by atoms with Gasteiger partial charge in [0.2, 0.25) is 0 Å². The summed E-state index contributed by atoms with van der Waals surface area (Å²) in [6.07, 6.45) is 3.17. The van der Waals surface area contributed by atoms with Crippen LogP contribution in [0.25, 0.3) is 11.6 Å². The quantitative estimate of drug-likeness (QED) is 0.545. The molecule has 2 aromatic rings. The van der Waals surface area contributed by atoms with Gasteiger partial charge in [-0.15, -0.1) is 0 Å². The number of allylic oxidation sites excluding steroid dienone is 1. The van der Waals surface area contributed by atoms with Crippen molar-refractivity contribution in [3.05, 3.63) is 70.8 Å². The molecule has 0 radical (unpaired) electrons. The van der Waals surface area contributed by atoms with Gasteiger partial charge in [0, 0.05) is 23.4 Å². The van der Waals surface area contributed by atoms with Crippen molar-refractivity contribution in [1.82, 2.24) is 5.32 Å². The average Bonchev–Trinajstić information content (AvgIpc) is 2.72. The zero-order valence-corrected chi connectivity index (χ0v) is 18.7. The Morgan fingerprint density at radius 2 is 1.73 bits per heavy atom. The highest BCUT2D eigenvalue weighted by atomic mass is 19.1. The predicted octanol–water partition coefficient (Wildman–Crippen LogP) is 4.65. The molecule has 1 saturated heterocycles. The van der Waals surface area contributed by atoms with Crippen molar-refractivity contribution in [3.8, 4) is 0 Å². The number of carbonyl (C=O) groups is 3. The van der Waals surface area contributed by atoms with Crippen LogP contribution in [0.1, 0.15) is 38.8 Å². The fraction of sp³-hybridized carbons (Fsp3) is 0.240. The highest BCUT2D eigenvalue weighted by molar-refractivity contribution is 6.39. The van der Waals surface area contributed by atoms with E-state index in [1.807, 2.05) is 33.0 Å². The van der Waals surface area contributed by atoms with E-state index in [0.29, 0.717) is 17.1 Å². The second-order valence-corrected chi connectivity index (χ2v) is 8.53. The molecule has 0 aromatic heterocycles. The van der Waals surface area contributed by atoms with Crippen molar-refractivity contribution in [2.75, 3.05) is 16.3 Å². The number of imide groups is 2. The Morgan fingerprint density at radius 1 is 1.03 bits per heavy atom. The summed E-state index contributed by atoms with van der Waals surface area (Å²) in [5.41, 5.74) is 1.35. The number of carbonyl (C=O) groups excluding carboxylic acids is 3. The van der Waals surface area contributed by atoms with Crippen LogP contribution in [0.2, 0.25) is 0 Å². The number of rotatable bonds is 3. The van der Waals surface area contributed by atoms with E-state index in [1.54, 1.807) is 6.07 Å². The Kier molecular flexibility index (Phi) is 5.40. The van der Waals surface area contributed by atoms with Gasteiger partial charge in [0.25, 0.3) is 11.8 Å². The SMILES string of the molecule is CCN1c2cc(F)c(/C=C3/C(=O)NC(=O)N(c4ccccc4F)C3=O)cc2C(C)=CC1(C)C. The van der Waals surface area contributed by atoms with Gasteiger partial charge in [0.15, 0.2) is 0 Å². The van der Waals surface area contributed by atoms with Crippen LogP contribution in [0.3, 0.4) is 0 Å². The number of urea groups is 1. The fourth-order valence-electron chi connectivity index (χ4n) is 4.47. The first-order chi connectivity index (χ1) is 15.5. The summed E-state index contributed by atoms with van der Waals surface area (Å²) >= 11 is 0. The first-order valence-corrected chi connectivity index (χ1v) is 10.5. The summed E-state index contributed by atoms with van der Waals surface area (Å²) < 4.78 is 29.4. The predicted molar refractivity (Wildman–Crippen MR) is 123 cm³/mol. The third-order valence-electron chi connectivity index (χ3n) is 5.91. The maximum Gasteiger partial charge on any atom is 0.336 e. The van der Waals surface area contributed by atoms with Crippen LogP contribution in [0.4, 0.5) is 25.0 Å². The Balaban J connectivity index is 1.81. The highest BCUT2D eigenvalue weighted by Crippen LogP contribution is 2.40. The van der Waals surface area contributed by atoms with Crippen molar-refractivity contribution in [2.24, 2.45) is 0 Å². The number of barbiturate groups is 1. The summed E-state index contributed by atoms with van der Waals surface area (Å²) in [6, 6.07) is 7.09. The van der Waals surface area contributed by atoms with Crippen LogP contribution in [0.15, 0.2) is 48.0 Å². The third kappa shape index (κ3) is 3.71. The molecule has 2 aliphatic rings. The molecule has 33 heavy (non-hydrogen) atoms. The van der Waals surface area contributed by atoms with E-state index >= 15 is 4.39 Å². The lowest BCUT2D eigenvalue weighted by Crippen LogP contribution is -2.54. The zero-order valence-electron chi connectivity index (χ0n) is 18.7. The van der Waals surface area contributed by atoms with Gasteiger partial charge in [-0.2, -0.15) is 0 Å². The Labute approximate surface area is 190 Å². The van der Waals surface area contributed by atoms with E-state index in [0.717, 1.165) is 23.3 Å². The molecule has 1 fully saturated rings. The Bertz CT molecular complexity index is 1260. The number of amides is 4. The van der Waals surface area contributed by atoms with Gasteiger partial charge >= 0.3 is 6.03 Å². The number of hydrogen-bond acceptors (Lipinski definition) is 4. The second kappa shape index (κ2) is 7.95. The number of para-hydroxylation sites is 1. The molecule has 4 amide bonds. The minimum atomic E-state index is -1.07. The number of halogens is 2. The maximum absolute atomic E-state index is 15.2. The number of benzene rings is 2. The largest absolute Gasteiger partial charge is 0.363 e. The molecule has 0 spiro atoms. The van der Waals surface area contributed by atoms with Gasteiger partial charge in [-0.1, -0.05) is 18.2 Å². The standard InChI is InChI=1S/C25H23F2N3O3/c1-5-29-21-12-19(27)15(10-16(21)14(2)13-25(29,3)4)11-17-22(31)28-24(33)30(23(17)32)20-9-7-6-8-18(20)26/h6-13H,5H2,1-4H3,(H,28,31,33)/b17-11-. The Morgan fingerprint density at radius 3 is 2.39 bits per heavy atom. The highest BCUT2D eigenvalue weighted by Gasteiger charge is 2.38. The molecule has 0 saturated carbocycles. The molecular weight excluding hydrogens is 428 g/mol. The molecule has 170 valence electrons. The summed E-state index contributed by atoms with van der Waals surface area (Å²) in [5.74, 6) is -3.44. The van der Waals surface area contributed by atoms with E-state index < -0.39 is 35.1 Å². The minimum Gasteiger partial charge on any atom is -0.363 e. The van der Waals surface area contributed by atoms with Crippen molar-refractivity contribution in [1.29, 1.82) is 0 Å². The lowest BCUT2D eigenvalue weighted by atomic mass is 9.87. The van der Waals surface area contributed by atoms with Crippen molar-refractivity contribution in [2.45, 2.75) is 33.2 Å². The summed E-state index contributed by atoms with van der Waals surface area (Å²) in [4.78, 5) is 40.3. The molecule has 4 rings (SSSR count). The molecule has 1 N–H and O–H groups in total. The smallest absolute Gasteiger partial charge is 0.336 e. The summed E-state index contributed by atoms with van der Waals surface area (Å²) in [7, 11) is 0. The molecule has 0 atom stereocenters. The molecular formula is C25H23F2N3O3. The van der Waals surface area contributed by atoms with Crippen molar-refractivity contribution >= 4 is 40.9 Å². The first-order valence-electron chi connectivity index (χ1n) is 10.5. The van der Waals surface area contributed by atoms with Crippen molar-refractivity contribution in [3.63, 3.8) is 0 Å². The lowest BCUT2D eigenvalue weighted by Gasteiger charge is -2.43. The summed E-state index contributed by atoms with van der Waals surface area (Å²) in [6.45, 7) is 8.63. The number of nitrogens with zero attached hydrogens (tertiary/aromatic N) is 2. The van der Waals surface area contributed by atoms with Gasteiger partial charge in [0.1, 0.15) is 17.2 Å². The Hall–Kier alpha value is -3.81. The number of likely N-dealkylation sites (N-methyl/N-ethyl adjacent to an activating group) is 1. The lowest BCUT2D eigenvalue weighted by molar-refractivity contribution is -0.122. The van der Waals surface area contributed by atoms with Crippen LogP contribution in [0.5, 0.6) is 0 Å². The van der Waals surface area contributed by atoms with Gasteiger partial charge in [-0.3, -0.25) is 14.9 Å². The molecule has 8 heteroatoms. The van der Waals surface area contributed by atoms with Crippen LogP contribution in [-0.4, -0.2) is 29.9 Å². The zero-order chi connectivity index (χ0) is 24.1. The van der Waals surface area contributed by atoms with Gasteiger partial charge in [0.05, 0.1) is 11.2 Å². The van der Waals surface area contributed by atoms with Crippen LogP contribution in [-0.2, 0) is 9.59 Å². The molecule has 2 aliphatic heterocycles. The third-order valence-corrected chi connectivity index (χ3v) is 5.91. The number of nitrogens with one attached hydrogen (secondary N) is 1. The molecule has 0 unspecified atom stereocenters. The average molecular weight is 451 g/mol. The monoisotopic (exact) mass is 451 g/mol. The van der Waals surface area contributed by atoms with E-state index in [2.05, 4.69) is 11.0 Å². The topological polar surface area (TPSA) is 69.7 Å². The number of anilines is 2. The minimum absolute atomic E-state index is 0.0126. The molecule has 2 aromatic carbocycles. The summed E-state index contributed by atoms with van der Waals surface area (Å²) in [5, 5.41) is 2.02. The van der Waals surface area contributed by atoms with E-state index in [1.165, 1.54) is 24.3 Å². The second-order valence-electron chi connectivity index (χ2n) is 8.53. The van der Waals surface area contributed by atoms with Crippen LogP contribution in [0, 0.1) is 11.6 Å². The molecule has 6 nitrogen and oxygen atoms in total. The van der Waals surface area contributed by atoms with Crippen molar-refractivity contribution < 1.29 is 23.2 Å². The molecule has 0 aliphatic carbocycles. The van der Waals surface area contributed by atoms with E-state index in [9.17, 15) is 18.8 Å². The number of hydrogen-bond donors (Lipinski definition) is 1. The van der Waals surface area contributed by atoms with Gasteiger partial charge < -0.3 is 4.90 Å².